The van der Waals surface area contributed by atoms with Gasteiger partial charge in [0.25, 0.3) is 0 Å². The van der Waals surface area contributed by atoms with E-state index in [0.29, 0.717) is 19.8 Å². The van der Waals surface area contributed by atoms with Crippen molar-refractivity contribution in [3.8, 4) is 0 Å². The van der Waals surface area contributed by atoms with Crippen molar-refractivity contribution in [2.75, 3.05) is 50.8 Å². The highest BCUT2D eigenvalue weighted by molar-refractivity contribution is 5.52. The first kappa shape index (κ1) is 23.4. The van der Waals surface area contributed by atoms with E-state index >= 15 is 0 Å². The molecule has 2 heterocycles. The lowest BCUT2D eigenvalue weighted by Gasteiger charge is -2.37. The molecule has 1 fully saturated rings. The van der Waals surface area contributed by atoms with Gasteiger partial charge in [0.2, 0.25) is 0 Å². The highest BCUT2D eigenvalue weighted by atomic mass is 16.5. The second-order valence-corrected chi connectivity index (χ2v) is 8.31. The predicted octanol–water partition coefficient (Wildman–Crippen LogP) is 2.93. The molecule has 0 radical (unpaired) electrons. The highest BCUT2D eigenvalue weighted by Gasteiger charge is 2.24. The van der Waals surface area contributed by atoms with Crippen molar-refractivity contribution in [1.29, 1.82) is 0 Å². The molecule has 1 saturated heterocycles. The number of aryl methyl sites for hydroxylation is 3. The normalized spacial score (nSPS) is 15.8. The van der Waals surface area contributed by atoms with Crippen molar-refractivity contribution in [2.45, 2.75) is 39.7 Å². The maximum absolute atomic E-state index is 10.2. The summed E-state index contributed by atoms with van der Waals surface area (Å²) in [6, 6.07) is 8.68. The Balaban J connectivity index is 1.71. The number of piperazine rings is 1. The van der Waals surface area contributed by atoms with Gasteiger partial charge in [0, 0.05) is 50.4 Å². The Labute approximate surface area is 186 Å². The van der Waals surface area contributed by atoms with Gasteiger partial charge in [0.15, 0.2) is 0 Å². The van der Waals surface area contributed by atoms with Crippen LogP contribution < -0.4 is 4.90 Å². The zero-order valence-electron chi connectivity index (χ0n) is 19.2. The number of aliphatic hydroxyl groups excluding tert-OH is 1. The Morgan fingerprint density at radius 1 is 1.19 bits per heavy atom. The summed E-state index contributed by atoms with van der Waals surface area (Å²) in [7, 11) is 0. The lowest BCUT2D eigenvalue weighted by molar-refractivity contribution is 0.0252. The smallest absolute Gasteiger partial charge is 0.136 e. The van der Waals surface area contributed by atoms with Crippen LogP contribution >= 0.6 is 0 Å². The van der Waals surface area contributed by atoms with Crippen molar-refractivity contribution in [2.24, 2.45) is 0 Å². The van der Waals surface area contributed by atoms with Gasteiger partial charge in [0.05, 0.1) is 19.3 Å². The standard InChI is InChI=1S/C25H36N4O2/c1-5-14-31-18-22(30)17-28-10-12-29(13-11-28)25-23(24(6-2)26-20(4)27-25)16-21-9-7-8-19(3)15-21/h5,7-9,15,22,30H,1,6,10-14,16-18H2,2-4H3. The molecule has 1 aromatic heterocycles. The van der Waals surface area contributed by atoms with Crippen molar-refractivity contribution in [1.82, 2.24) is 14.9 Å². The fourth-order valence-corrected chi connectivity index (χ4v) is 4.18. The largest absolute Gasteiger partial charge is 0.389 e. The zero-order chi connectivity index (χ0) is 22.2. The molecule has 31 heavy (non-hydrogen) atoms. The highest BCUT2D eigenvalue weighted by Crippen LogP contribution is 2.26. The van der Waals surface area contributed by atoms with Crippen LogP contribution in [0.3, 0.4) is 0 Å². The molecule has 6 nitrogen and oxygen atoms in total. The number of β-amino-alcohol motifs (C(OH)–C–C–N with tert-alkyl or cyclic N) is 1. The molecule has 2 aromatic rings. The Bertz CT molecular complexity index is 863. The van der Waals surface area contributed by atoms with Crippen LogP contribution in [0.4, 0.5) is 5.82 Å². The summed E-state index contributed by atoms with van der Waals surface area (Å²) < 4.78 is 5.37. The molecule has 1 aromatic carbocycles. The van der Waals surface area contributed by atoms with Crippen LogP contribution in [0.5, 0.6) is 0 Å². The first-order valence-corrected chi connectivity index (χ1v) is 11.3. The number of ether oxygens (including phenoxy) is 1. The van der Waals surface area contributed by atoms with Crippen LogP contribution in [-0.2, 0) is 17.6 Å². The predicted molar refractivity (Wildman–Crippen MR) is 126 cm³/mol. The van der Waals surface area contributed by atoms with E-state index in [9.17, 15) is 5.11 Å². The van der Waals surface area contributed by atoms with Crippen LogP contribution in [-0.4, -0.2) is 72.0 Å². The molecule has 1 unspecified atom stereocenters. The van der Waals surface area contributed by atoms with E-state index in [0.717, 1.165) is 56.4 Å². The molecular formula is C25H36N4O2. The van der Waals surface area contributed by atoms with E-state index in [-0.39, 0.29) is 0 Å². The first-order valence-electron chi connectivity index (χ1n) is 11.3. The molecule has 1 aliphatic heterocycles. The van der Waals surface area contributed by atoms with Gasteiger partial charge in [-0.3, -0.25) is 4.90 Å². The average molecular weight is 425 g/mol. The van der Waals surface area contributed by atoms with Gasteiger partial charge in [-0.05, 0) is 25.8 Å². The minimum Gasteiger partial charge on any atom is -0.389 e. The summed E-state index contributed by atoms with van der Waals surface area (Å²) in [5, 5.41) is 10.2. The zero-order valence-corrected chi connectivity index (χ0v) is 19.2. The van der Waals surface area contributed by atoms with Crippen molar-refractivity contribution < 1.29 is 9.84 Å². The molecule has 168 valence electrons. The van der Waals surface area contributed by atoms with Crippen LogP contribution in [0, 0.1) is 13.8 Å². The number of nitrogens with zero attached hydrogens (tertiary/aromatic N) is 4. The summed E-state index contributed by atoms with van der Waals surface area (Å²) >= 11 is 0. The molecule has 0 spiro atoms. The maximum Gasteiger partial charge on any atom is 0.136 e. The minimum absolute atomic E-state index is 0.345. The second kappa shape index (κ2) is 11.4. The van der Waals surface area contributed by atoms with E-state index in [1.807, 2.05) is 6.92 Å². The molecule has 3 rings (SSSR count). The average Bonchev–Trinajstić information content (AvgIpc) is 2.75. The lowest BCUT2D eigenvalue weighted by Crippen LogP contribution is -2.49. The third-order valence-electron chi connectivity index (χ3n) is 5.67. The van der Waals surface area contributed by atoms with Crippen molar-refractivity contribution in [3.05, 3.63) is 65.1 Å². The van der Waals surface area contributed by atoms with Gasteiger partial charge < -0.3 is 14.7 Å². The molecule has 0 aliphatic carbocycles. The number of hydrogen-bond acceptors (Lipinski definition) is 6. The Morgan fingerprint density at radius 2 is 1.97 bits per heavy atom. The third-order valence-corrected chi connectivity index (χ3v) is 5.67. The number of aromatic nitrogens is 2. The second-order valence-electron chi connectivity index (χ2n) is 8.31. The summed E-state index contributed by atoms with van der Waals surface area (Å²) in [5.74, 6) is 1.90. The van der Waals surface area contributed by atoms with Crippen molar-refractivity contribution >= 4 is 5.82 Å². The van der Waals surface area contributed by atoms with Gasteiger partial charge >= 0.3 is 0 Å². The van der Waals surface area contributed by atoms with Gasteiger partial charge in [0.1, 0.15) is 11.6 Å². The molecular weight excluding hydrogens is 388 g/mol. The van der Waals surface area contributed by atoms with E-state index in [1.165, 1.54) is 16.7 Å². The van der Waals surface area contributed by atoms with Crippen LogP contribution in [0.2, 0.25) is 0 Å². The molecule has 0 amide bonds. The molecule has 1 N–H and O–H groups in total. The first-order chi connectivity index (χ1) is 15.0. The monoisotopic (exact) mass is 424 g/mol. The van der Waals surface area contributed by atoms with Gasteiger partial charge in [-0.25, -0.2) is 9.97 Å². The fourth-order valence-electron chi connectivity index (χ4n) is 4.18. The van der Waals surface area contributed by atoms with Crippen molar-refractivity contribution in [3.63, 3.8) is 0 Å². The van der Waals surface area contributed by atoms with Crippen LogP contribution in [0.15, 0.2) is 36.9 Å². The Kier molecular flexibility index (Phi) is 8.58. The van der Waals surface area contributed by atoms with E-state index < -0.39 is 6.10 Å². The fraction of sp³-hybridized carbons (Fsp3) is 0.520. The molecule has 0 bridgehead atoms. The topological polar surface area (TPSA) is 61.7 Å². The molecule has 0 saturated carbocycles. The summed E-state index contributed by atoms with van der Waals surface area (Å²) in [6.07, 6.45) is 2.97. The maximum atomic E-state index is 10.2. The number of hydrogen-bond donors (Lipinski definition) is 1. The minimum atomic E-state index is -0.476. The summed E-state index contributed by atoms with van der Waals surface area (Å²) in [5.41, 5.74) is 4.95. The number of aliphatic hydroxyl groups is 1. The number of benzene rings is 1. The van der Waals surface area contributed by atoms with E-state index in [1.54, 1.807) is 6.08 Å². The number of anilines is 1. The Morgan fingerprint density at radius 3 is 2.65 bits per heavy atom. The van der Waals surface area contributed by atoms with Crippen LogP contribution in [0.1, 0.15) is 35.1 Å². The van der Waals surface area contributed by atoms with Gasteiger partial charge in [-0.2, -0.15) is 0 Å². The SMILES string of the molecule is C=CCOCC(O)CN1CCN(c2nc(C)nc(CC)c2Cc2cccc(C)c2)CC1. The molecule has 1 atom stereocenters. The van der Waals surface area contributed by atoms with Crippen LogP contribution in [0.25, 0.3) is 0 Å². The Hall–Kier alpha value is -2.28. The third kappa shape index (κ3) is 6.60. The molecule has 6 heteroatoms. The quantitative estimate of drug-likeness (QED) is 0.467. The van der Waals surface area contributed by atoms with E-state index in [4.69, 9.17) is 14.7 Å². The van der Waals surface area contributed by atoms with Gasteiger partial charge in [-0.1, -0.05) is 42.8 Å². The van der Waals surface area contributed by atoms with Gasteiger partial charge in [-0.15, -0.1) is 6.58 Å². The number of rotatable bonds is 10. The lowest BCUT2D eigenvalue weighted by atomic mass is 10.0. The molecule has 1 aliphatic rings. The summed E-state index contributed by atoms with van der Waals surface area (Å²) in [4.78, 5) is 14.3. The summed E-state index contributed by atoms with van der Waals surface area (Å²) in [6.45, 7) is 14.9. The van der Waals surface area contributed by atoms with E-state index in [2.05, 4.69) is 54.5 Å².